The molecule has 0 saturated carbocycles. The lowest BCUT2D eigenvalue weighted by Crippen LogP contribution is -2.09. The number of ether oxygens (including phenoxy) is 1. The monoisotopic (exact) mass is 278 g/mol. The van der Waals surface area contributed by atoms with Gasteiger partial charge in [-0.3, -0.25) is 10.1 Å². The molecular formula is C11H13F3N2O3. The Balaban J connectivity index is 2.62. The van der Waals surface area contributed by atoms with Crippen LogP contribution in [0.4, 0.5) is 24.5 Å². The molecule has 0 atom stereocenters. The highest BCUT2D eigenvalue weighted by atomic mass is 19.4. The maximum Gasteiger partial charge on any atom is 0.389 e. The first-order chi connectivity index (χ1) is 8.81. The van der Waals surface area contributed by atoms with E-state index in [-0.39, 0.29) is 24.5 Å². The molecule has 8 heteroatoms. The summed E-state index contributed by atoms with van der Waals surface area (Å²) in [6.07, 6.45) is -5.36. The Morgan fingerprint density at radius 2 is 2.05 bits per heavy atom. The summed E-state index contributed by atoms with van der Waals surface area (Å²) < 4.78 is 40.8. The molecule has 0 aliphatic carbocycles. The third-order valence-corrected chi connectivity index (χ3v) is 2.26. The van der Waals surface area contributed by atoms with Crippen molar-refractivity contribution >= 4 is 11.4 Å². The number of nitrogens with one attached hydrogen (secondary N) is 1. The molecule has 0 aromatic heterocycles. The molecule has 0 fully saturated rings. The fourth-order valence-corrected chi connectivity index (χ4v) is 1.38. The molecule has 0 aliphatic rings. The predicted octanol–water partition coefficient (Wildman–Crippen LogP) is 3.36. The number of hydrogen-bond donors (Lipinski definition) is 1. The van der Waals surface area contributed by atoms with E-state index in [1.54, 1.807) is 7.05 Å². The van der Waals surface area contributed by atoms with Crippen molar-refractivity contribution in [1.29, 1.82) is 0 Å². The van der Waals surface area contributed by atoms with Gasteiger partial charge in [-0.15, -0.1) is 0 Å². The van der Waals surface area contributed by atoms with Gasteiger partial charge in [0.1, 0.15) is 5.75 Å². The Morgan fingerprint density at radius 1 is 1.37 bits per heavy atom. The third-order valence-electron chi connectivity index (χ3n) is 2.26. The van der Waals surface area contributed by atoms with Gasteiger partial charge >= 0.3 is 6.18 Å². The Hall–Kier alpha value is -1.99. The zero-order valence-corrected chi connectivity index (χ0v) is 10.2. The minimum absolute atomic E-state index is 0.149. The number of benzene rings is 1. The largest absolute Gasteiger partial charge is 0.493 e. The minimum atomic E-state index is -4.22. The van der Waals surface area contributed by atoms with E-state index in [1.807, 2.05) is 0 Å². The maximum absolute atomic E-state index is 11.9. The molecule has 0 heterocycles. The number of halogens is 3. The molecule has 1 aromatic carbocycles. The number of alkyl halides is 3. The summed E-state index contributed by atoms with van der Waals surface area (Å²) in [6.45, 7) is -0.149. The summed E-state index contributed by atoms with van der Waals surface area (Å²) in [5.41, 5.74) is 0.276. The van der Waals surface area contributed by atoms with Crippen molar-refractivity contribution in [1.82, 2.24) is 0 Å². The van der Waals surface area contributed by atoms with Crippen LogP contribution in [-0.2, 0) is 0 Å². The maximum atomic E-state index is 11.9. The third kappa shape index (κ3) is 5.45. The highest BCUT2D eigenvalue weighted by Crippen LogP contribution is 2.26. The van der Waals surface area contributed by atoms with Crippen LogP contribution in [0.1, 0.15) is 12.8 Å². The van der Waals surface area contributed by atoms with Gasteiger partial charge in [-0.25, -0.2) is 0 Å². The van der Waals surface area contributed by atoms with Gasteiger partial charge in [-0.1, -0.05) is 0 Å². The highest BCUT2D eigenvalue weighted by molar-refractivity contribution is 5.55. The zero-order valence-electron chi connectivity index (χ0n) is 10.2. The predicted molar refractivity (Wildman–Crippen MR) is 63.4 cm³/mol. The first-order valence-corrected chi connectivity index (χ1v) is 5.48. The molecule has 0 amide bonds. The smallest absolute Gasteiger partial charge is 0.389 e. The van der Waals surface area contributed by atoms with E-state index in [4.69, 9.17) is 4.74 Å². The highest BCUT2D eigenvalue weighted by Gasteiger charge is 2.26. The van der Waals surface area contributed by atoms with Crippen LogP contribution in [0.25, 0.3) is 0 Å². The van der Waals surface area contributed by atoms with Crippen molar-refractivity contribution in [3.05, 3.63) is 28.3 Å². The summed E-state index contributed by atoms with van der Waals surface area (Å²) in [5, 5.41) is 13.4. The topological polar surface area (TPSA) is 64.4 Å². The average Bonchev–Trinajstić information content (AvgIpc) is 2.33. The van der Waals surface area contributed by atoms with E-state index in [0.29, 0.717) is 5.69 Å². The molecule has 0 bridgehead atoms. The van der Waals surface area contributed by atoms with Crippen molar-refractivity contribution in [2.24, 2.45) is 0 Å². The van der Waals surface area contributed by atoms with Crippen molar-refractivity contribution in [2.45, 2.75) is 19.0 Å². The molecule has 5 nitrogen and oxygen atoms in total. The molecule has 0 aliphatic heterocycles. The first-order valence-electron chi connectivity index (χ1n) is 5.48. The van der Waals surface area contributed by atoms with Gasteiger partial charge < -0.3 is 10.1 Å². The Bertz CT molecular complexity index is 449. The Kier molecular flexibility index (Phi) is 4.96. The van der Waals surface area contributed by atoms with E-state index >= 15 is 0 Å². The molecule has 0 spiro atoms. The van der Waals surface area contributed by atoms with Gasteiger partial charge in [0.05, 0.1) is 17.6 Å². The second-order valence-corrected chi connectivity index (χ2v) is 3.79. The number of hydrogen-bond acceptors (Lipinski definition) is 4. The van der Waals surface area contributed by atoms with Gasteiger partial charge in [0.25, 0.3) is 5.69 Å². The van der Waals surface area contributed by atoms with E-state index in [9.17, 15) is 23.3 Å². The van der Waals surface area contributed by atoms with Crippen LogP contribution in [0.3, 0.4) is 0 Å². The van der Waals surface area contributed by atoms with Gasteiger partial charge in [0.2, 0.25) is 0 Å². The molecule has 19 heavy (non-hydrogen) atoms. The number of anilines is 1. The van der Waals surface area contributed by atoms with E-state index in [2.05, 4.69) is 5.32 Å². The molecule has 1 rings (SSSR count). The fourth-order valence-electron chi connectivity index (χ4n) is 1.38. The lowest BCUT2D eigenvalue weighted by atomic mass is 10.2. The van der Waals surface area contributed by atoms with Crippen LogP contribution in [0.2, 0.25) is 0 Å². The normalized spacial score (nSPS) is 11.2. The standard InChI is InChI=1S/C11H13F3N2O3/c1-15-8-5-9(16(17)18)7-10(6-8)19-4-2-3-11(12,13)14/h5-7,15H,2-4H2,1H3. The van der Waals surface area contributed by atoms with Gasteiger partial charge in [0.15, 0.2) is 0 Å². The van der Waals surface area contributed by atoms with Crippen LogP contribution in [-0.4, -0.2) is 24.8 Å². The van der Waals surface area contributed by atoms with Crippen molar-refractivity contribution in [2.75, 3.05) is 19.0 Å². The molecular weight excluding hydrogens is 265 g/mol. The molecule has 1 aromatic rings. The van der Waals surface area contributed by atoms with Gasteiger partial charge in [-0.05, 0) is 6.42 Å². The van der Waals surface area contributed by atoms with Gasteiger partial charge in [-0.2, -0.15) is 13.2 Å². The quantitative estimate of drug-likeness (QED) is 0.492. The summed E-state index contributed by atoms with van der Waals surface area (Å²) in [7, 11) is 1.58. The summed E-state index contributed by atoms with van der Waals surface area (Å²) >= 11 is 0. The second kappa shape index (κ2) is 6.26. The number of nitro benzene ring substituents is 1. The van der Waals surface area contributed by atoms with Gasteiger partial charge in [0, 0.05) is 31.3 Å². The molecule has 0 saturated heterocycles. The SMILES string of the molecule is CNc1cc(OCCCC(F)(F)F)cc([N+](=O)[O-])c1. The molecule has 1 N–H and O–H groups in total. The van der Waals surface area contributed by atoms with Crippen LogP contribution in [0.5, 0.6) is 5.75 Å². The molecule has 0 unspecified atom stereocenters. The van der Waals surface area contributed by atoms with Crippen molar-refractivity contribution in [3.8, 4) is 5.75 Å². The molecule has 0 radical (unpaired) electrons. The van der Waals surface area contributed by atoms with Crippen molar-refractivity contribution in [3.63, 3.8) is 0 Å². The average molecular weight is 278 g/mol. The van der Waals surface area contributed by atoms with Crippen molar-refractivity contribution < 1.29 is 22.8 Å². The fraction of sp³-hybridized carbons (Fsp3) is 0.455. The lowest BCUT2D eigenvalue weighted by molar-refractivity contribution is -0.384. The lowest BCUT2D eigenvalue weighted by Gasteiger charge is -2.09. The van der Waals surface area contributed by atoms with E-state index in [1.165, 1.54) is 18.2 Å². The summed E-state index contributed by atoms with van der Waals surface area (Å²) in [6, 6.07) is 3.97. The summed E-state index contributed by atoms with van der Waals surface area (Å²) in [5.74, 6) is 0.167. The Labute approximate surface area is 107 Å². The Morgan fingerprint density at radius 3 is 2.58 bits per heavy atom. The first kappa shape index (κ1) is 15.1. The number of non-ortho nitro benzene ring substituents is 1. The molecule has 106 valence electrons. The summed E-state index contributed by atoms with van der Waals surface area (Å²) in [4.78, 5) is 10.1. The number of nitro groups is 1. The van der Waals surface area contributed by atoms with Crippen LogP contribution < -0.4 is 10.1 Å². The van der Waals surface area contributed by atoms with Crippen LogP contribution >= 0.6 is 0 Å². The van der Waals surface area contributed by atoms with E-state index in [0.717, 1.165) is 0 Å². The van der Waals surface area contributed by atoms with E-state index < -0.39 is 17.5 Å². The number of rotatable bonds is 6. The van der Waals surface area contributed by atoms with Crippen LogP contribution in [0.15, 0.2) is 18.2 Å². The minimum Gasteiger partial charge on any atom is -0.493 e. The number of nitrogens with zero attached hydrogens (tertiary/aromatic N) is 1. The zero-order chi connectivity index (χ0) is 14.5. The second-order valence-electron chi connectivity index (χ2n) is 3.79. The van der Waals surface area contributed by atoms with Crippen LogP contribution in [0, 0.1) is 10.1 Å².